The Balaban J connectivity index is 0.973. The minimum absolute atomic E-state index is 0.00230. The Labute approximate surface area is 387 Å². The van der Waals surface area contributed by atoms with Gasteiger partial charge in [0, 0.05) is 51.3 Å². The van der Waals surface area contributed by atoms with E-state index in [4.69, 9.17) is 9.72 Å². The van der Waals surface area contributed by atoms with Crippen molar-refractivity contribution in [3.63, 3.8) is 0 Å². The van der Waals surface area contributed by atoms with Gasteiger partial charge in [-0.05, 0) is 87.8 Å². The van der Waals surface area contributed by atoms with Crippen molar-refractivity contribution in [2.45, 2.75) is 45.4 Å². The summed E-state index contributed by atoms with van der Waals surface area (Å²) in [4.78, 5) is 10.1. The molecule has 322 valence electrons. The summed E-state index contributed by atoms with van der Waals surface area (Å²) >= 11 is 0. The van der Waals surface area contributed by atoms with Gasteiger partial charge in [0.1, 0.15) is 24.0 Å². The number of rotatable bonds is 9. The maximum atomic E-state index is 6.84. The molecule has 66 heavy (non-hydrogen) atoms. The van der Waals surface area contributed by atoms with Gasteiger partial charge < -0.3 is 14.5 Å². The largest absolute Gasteiger partial charge is 0.457 e. The van der Waals surface area contributed by atoms with Crippen LogP contribution in [0.25, 0.3) is 49.9 Å². The van der Waals surface area contributed by atoms with Gasteiger partial charge >= 0.3 is 0 Å². The number of nitrogens with zero attached hydrogens (tertiary/aromatic N) is 4. The van der Waals surface area contributed by atoms with E-state index in [1.54, 1.807) is 0 Å². The normalized spacial score (nSPS) is 12.8. The van der Waals surface area contributed by atoms with Gasteiger partial charge in [-0.1, -0.05) is 174 Å². The molecule has 0 aliphatic carbocycles. The third-order valence-electron chi connectivity index (χ3n) is 13.4. The molecule has 3 heterocycles. The number of pyridine rings is 1. The minimum Gasteiger partial charge on any atom is -0.457 e. The first kappa shape index (κ1) is 40.9. The first-order valence-corrected chi connectivity index (χ1v) is 22.9. The van der Waals surface area contributed by atoms with E-state index in [0.29, 0.717) is 6.67 Å². The van der Waals surface area contributed by atoms with Crippen molar-refractivity contribution < 1.29 is 4.74 Å². The van der Waals surface area contributed by atoms with Crippen LogP contribution in [0.1, 0.15) is 51.3 Å². The Kier molecular flexibility index (Phi) is 10.1. The molecule has 1 aliphatic heterocycles. The van der Waals surface area contributed by atoms with Gasteiger partial charge in [0.15, 0.2) is 0 Å². The monoisotopic (exact) mass is 856 g/mol. The second-order valence-electron chi connectivity index (χ2n) is 18.9. The van der Waals surface area contributed by atoms with E-state index >= 15 is 0 Å². The number of hydrogen-bond acceptors (Lipinski definition) is 4. The van der Waals surface area contributed by atoms with Crippen LogP contribution in [0.15, 0.2) is 212 Å². The van der Waals surface area contributed by atoms with Gasteiger partial charge in [0.25, 0.3) is 0 Å². The van der Waals surface area contributed by atoms with E-state index < -0.39 is 0 Å². The van der Waals surface area contributed by atoms with Crippen LogP contribution >= 0.6 is 0 Å². The molecule has 1 aliphatic rings. The van der Waals surface area contributed by atoms with Crippen LogP contribution in [-0.4, -0.2) is 16.2 Å². The molecule has 0 N–H and O–H groups in total. The smallest absolute Gasteiger partial charge is 0.137 e. The van der Waals surface area contributed by atoms with Crippen molar-refractivity contribution in [2.75, 3.05) is 16.5 Å². The van der Waals surface area contributed by atoms with Crippen molar-refractivity contribution in [3.8, 4) is 39.6 Å². The summed E-state index contributed by atoms with van der Waals surface area (Å²) in [6, 6.07) is 73.6. The van der Waals surface area contributed by atoms with Gasteiger partial charge in [-0.3, -0.25) is 4.57 Å². The third-order valence-corrected chi connectivity index (χ3v) is 13.4. The number of fused-ring (bicyclic) bond motifs is 4. The maximum absolute atomic E-state index is 6.84. The molecule has 0 fully saturated rings. The topological polar surface area (TPSA) is 33.5 Å². The molecule has 0 bridgehead atoms. The van der Waals surface area contributed by atoms with Crippen molar-refractivity contribution in [2.24, 2.45) is 0 Å². The molecule has 0 saturated heterocycles. The average Bonchev–Trinajstić information content (AvgIpc) is 3.90. The van der Waals surface area contributed by atoms with E-state index in [1.807, 2.05) is 6.07 Å². The van der Waals surface area contributed by atoms with E-state index in [0.717, 1.165) is 56.2 Å². The molecule has 8 aromatic carbocycles. The number of aromatic nitrogens is 2. The van der Waals surface area contributed by atoms with Gasteiger partial charge in [0.05, 0.1) is 28.1 Å². The summed E-state index contributed by atoms with van der Waals surface area (Å²) in [5.74, 6) is 2.38. The third kappa shape index (κ3) is 7.27. The molecule has 10 aromatic rings. The van der Waals surface area contributed by atoms with Crippen LogP contribution in [0.3, 0.4) is 0 Å². The summed E-state index contributed by atoms with van der Waals surface area (Å²) in [6.45, 7) is 12.1. The highest BCUT2D eigenvalue weighted by Crippen LogP contribution is 2.48. The van der Waals surface area contributed by atoms with Crippen LogP contribution in [0, 0.1) is 0 Å². The fourth-order valence-electron chi connectivity index (χ4n) is 9.78. The molecule has 0 atom stereocenters. The van der Waals surface area contributed by atoms with Gasteiger partial charge in [-0.15, -0.1) is 0 Å². The number of anilines is 4. The summed E-state index contributed by atoms with van der Waals surface area (Å²) < 4.78 is 9.13. The molecule has 0 saturated carbocycles. The van der Waals surface area contributed by atoms with Gasteiger partial charge in [-0.2, -0.15) is 0 Å². The molecule has 2 aromatic heterocycles. The molecule has 11 rings (SSSR count). The van der Waals surface area contributed by atoms with Crippen molar-refractivity contribution >= 4 is 44.6 Å². The maximum Gasteiger partial charge on any atom is 0.137 e. The Bertz CT molecular complexity index is 3390. The second kappa shape index (κ2) is 16.3. The first-order valence-electron chi connectivity index (χ1n) is 22.9. The average molecular weight is 857 g/mol. The number of benzene rings is 8. The quantitative estimate of drug-likeness (QED) is 0.145. The van der Waals surface area contributed by atoms with Crippen LogP contribution in [0.4, 0.5) is 22.7 Å². The molecular weight excluding hydrogens is 805 g/mol. The molecule has 0 radical (unpaired) electrons. The standard InChI is InChI=1S/C61H52N4O/c1-60(2,3)45-32-34-49(42-20-9-6-10-21-42)57(36-45)64-41-63(55-30-17-18-31-56(55)64)46-26-19-27-47(37-46)66-48-33-35-51-50-28-15-16-29-54(50)65(58(51)38-48)59-39-53(61(4,5)44-24-13-8-14-25-44)52(40-62-59)43-22-11-7-12-23-43/h6-40H,41H2,1-5H3. The summed E-state index contributed by atoms with van der Waals surface area (Å²) in [5, 5.41) is 2.31. The highest BCUT2D eigenvalue weighted by Gasteiger charge is 2.31. The zero-order valence-electron chi connectivity index (χ0n) is 38.1. The predicted molar refractivity (Wildman–Crippen MR) is 275 cm³/mol. The van der Waals surface area contributed by atoms with Crippen molar-refractivity contribution in [3.05, 3.63) is 229 Å². The lowest BCUT2D eigenvalue weighted by molar-refractivity contribution is 0.483. The Morgan fingerprint density at radius 2 is 1.08 bits per heavy atom. The second-order valence-corrected chi connectivity index (χ2v) is 18.9. The number of para-hydroxylation sites is 3. The summed E-state index contributed by atoms with van der Waals surface area (Å²) in [5.41, 5.74) is 14.8. The van der Waals surface area contributed by atoms with Gasteiger partial charge in [-0.25, -0.2) is 4.98 Å². The molecular formula is C61H52N4O. The SMILES string of the molecule is CC(C)(C)c1ccc(-c2ccccc2)c(N2CN(c3cccc(Oc4ccc5c6ccccc6n(-c6cc(C(C)(C)c7ccccc7)c(-c7ccccc7)cn6)c5c4)c3)c3ccccc32)c1. The van der Waals surface area contributed by atoms with E-state index in [1.165, 1.54) is 44.6 Å². The first-order chi connectivity index (χ1) is 32.1. The molecule has 0 spiro atoms. The zero-order valence-corrected chi connectivity index (χ0v) is 38.1. The van der Waals surface area contributed by atoms with E-state index in [2.05, 4.69) is 255 Å². The van der Waals surface area contributed by atoms with Crippen LogP contribution in [0.2, 0.25) is 0 Å². The molecule has 0 amide bonds. The van der Waals surface area contributed by atoms with E-state index in [-0.39, 0.29) is 10.8 Å². The zero-order chi connectivity index (χ0) is 45.0. The minimum atomic E-state index is -0.310. The summed E-state index contributed by atoms with van der Waals surface area (Å²) in [6.07, 6.45) is 2.05. The number of ether oxygens (including phenoxy) is 1. The fraction of sp³-hybridized carbons (Fsp3) is 0.131. The van der Waals surface area contributed by atoms with Crippen LogP contribution < -0.4 is 14.5 Å². The fourth-order valence-corrected chi connectivity index (χ4v) is 9.78. The van der Waals surface area contributed by atoms with Crippen LogP contribution in [0.5, 0.6) is 11.5 Å². The molecule has 5 heteroatoms. The summed E-state index contributed by atoms with van der Waals surface area (Å²) in [7, 11) is 0. The Hall–Kier alpha value is -7.89. The Morgan fingerprint density at radius 3 is 1.80 bits per heavy atom. The van der Waals surface area contributed by atoms with Crippen LogP contribution in [-0.2, 0) is 10.8 Å². The highest BCUT2D eigenvalue weighted by molar-refractivity contribution is 6.09. The predicted octanol–water partition coefficient (Wildman–Crippen LogP) is 16.2. The van der Waals surface area contributed by atoms with Crippen molar-refractivity contribution in [1.82, 2.24) is 9.55 Å². The highest BCUT2D eigenvalue weighted by atomic mass is 16.5. The lowest BCUT2D eigenvalue weighted by Gasteiger charge is -2.29. The van der Waals surface area contributed by atoms with Gasteiger partial charge in [0.2, 0.25) is 0 Å². The lowest BCUT2D eigenvalue weighted by atomic mass is 9.75. The number of hydrogen-bond donors (Lipinski definition) is 0. The van der Waals surface area contributed by atoms with Crippen molar-refractivity contribution in [1.29, 1.82) is 0 Å². The Morgan fingerprint density at radius 1 is 0.455 bits per heavy atom. The lowest BCUT2D eigenvalue weighted by Crippen LogP contribution is -2.25. The molecule has 5 nitrogen and oxygen atoms in total. The van der Waals surface area contributed by atoms with E-state index in [9.17, 15) is 0 Å². The molecule has 0 unspecified atom stereocenters.